The third-order valence-electron chi connectivity index (χ3n) is 3.21. The average molecular weight is 243 g/mol. The Bertz CT molecular complexity index is 563. The van der Waals surface area contributed by atoms with Gasteiger partial charge in [0.2, 0.25) is 5.76 Å². The summed E-state index contributed by atoms with van der Waals surface area (Å²) in [5.74, 6) is -0.559. The van der Waals surface area contributed by atoms with Crippen LogP contribution in [0.15, 0.2) is 40.8 Å². The smallest absolute Gasteiger partial charge is 0.371 e. The second kappa shape index (κ2) is 4.22. The number of hydrogen-bond donors (Lipinski definition) is 2. The summed E-state index contributed by atoms with van der Waals surface area (Å²) >= 11 is 0. The van der Waals surface area contributed by atoms with Crippen molar-refractivity contribution in [3.63, 3.8) is 0 Å². The molecule has 0 saturated carbocycles. The van der Waals surface area contributed by atoms with Crippen LogP contribution >= 0.6 is 0 Å². The highest BCUT2D eigenvalue weighted by atomic mass is 16.4. The Morgan fingerprint density at radius 3 is 2.39 bits per heavy atom. The molecular formula is C14H13NO3. The minimum Gasteiger partial charge on any atom is -0.475 e. The lowest BCUT2D eigenvalue weighted by Crippen LogP contribution is -2.18. The Morgan fingerprint density at radius 1 is 1.17 bits per heavy atom. The van der Waals surface area contributed by atoms with Crippen molar-refractivity contribution in [2.45, 2.75) is 18.9 Å². The number of benzene rings is 1. The number of carbonyl (C=O) groups is 1. The molecule has 1 aliphatic carbocycles. The van der Waals surface area contributed by atoms with Crippen molar-refractivity contribution in [3.05, 3.63) is 53.3 Å². The topological polar surface area (TPSA) is 62.5 Å². The minimum atomic E-state index is -1.04. The Kier molecular flexibility index (Phi) is 2.55. The van der Waals surface area contributed by atoms with Crippen LogP contribution in [-0.2, 0) is 12.8 Å². The molecule has 1 aliphatic rings. The maximum Gasteiger partial charge on any atom is 0.371 e. The largest absolute Gasteiger partial charge is 0.475 e. The normalized spacial score (nSPS) is 14.4. The van der Waals surface area contributed by atoms with Crippen molar-refractivity contribution in [2.75, 3.05) is 5.32 Å². The van der Waals surface area contributed by atoms with Crippen LogP contribution in [0.4, 0.5) is 5.88 Å². The van der Waals surface area contributed by atoms with Gasteiger partial charge in [-0.25, -0.2) is 4.79 Å². The molecule has 0 atom stereocenters. The Labute approximate surface area is 104 Å². The van der Waals surface area contributed by atoms with Crippen LogP contribution in [0.3, 0.4) is 0 Å². The maximum atomic E-state index is 10.7. The summed E-state index contributed by atoms with van der Waals surface area (Å²) in [6.07, 6.45) is 1.89. The van der Waals surface area contributed by atoms with Gasteiger partial charge >= 0.3 is 5.97 Å². The number of hydrogen-bond acceptors (Lipinski definition) is 3. The van der Waals surface area contributed by atoms with Gasteiger partial charge in [0.15, 0.2) is 5.88 Å². The van der Waals surface area contributed by atoms with Gasteiger partial charge < -0.3 is 14.8 Å². The molecule has 0 bridgehead atoms. The first-order chi connectivity index (χ1) is 8.72. The summed E-state index contributed by atoms with van der Waals surface area (Å²) in [6.45, 7) is 0. The van der Waals surface area contributed by atoms with Gasteiger partial charge in [0.1, 0.15) is 0 Å². The van der Waals surface area contributed by atoms with Crippen LogP contribution in [0, 0.1) is 0 Å². The van der Waals surface area contributed by atoms with Crippen molar-refractivity contribution in [2.24, 2.45) is 0 Å². The van der Waals surface area contributed by atoms with E-state index in [9.17, 15) is 4.79 Å². The molecule has 92 valence electrons. The quantitative estimate of drug-likeness (QED) is 0.869. The van der Waals surface area contributed by atoms with Crippen molar-refractivity contribution < 1.29 is 14.3 Å². The van der Waals surface area contributed by atoms with Gasteiger partial charge in [0.25, 0.3) is 0 Å². The zero-order valence-corrected chi connectivity index (χ0v) is 9.72. The lowest BCUT2D eigenvalue weighted by Gasteiger charge is -2.10. The second-order valence-corrected chi connectivity index (χ2v) is 4.49. The Balaban J connectivity index is 1.70. The number of carboxylic acids is 1. The van der Waals surface area contributed by atoms with Gasteiger partial charge in [-0.05, 0) is 30.0 Å². The zero-order valence-electron chi connectivity index (χ0n) is 9.72. The summed E-state index contributed by atoms with van der Waals surface area (Å²) in [7, 11) is 0. The van der Waals surface area contributed by atoms with E-state index in [1.165, 1.54) is 17.2 Å². The third kappa shape index (κ3) is 1.97. The van der Waals surface area contributed by atoms with Crippen LogP contribution < -0.4 is 5.32 Å². The van der Waals surface area contributed by atoms with Crippen LogP contribution in [-0.4, -0.2) is 17.1 Å². The SMILES string of the molecule is O=C(O)c1ccc(NC2Cc3ccccc3C2)o1. The average Bonchev–Trinajstić information content (AvgIpc) is 2.94. The molecule has 0 spiro atoms. The molecule has 4 heteroatoms. The van der Waals surface area contributed by atoms with Crippen molar-refractivity contribution in [3.8, 4) is 0 Å². The van der Waals surface area contributed by atoms with Gasteiger partial charge in [-0.1, -0.05) is 24.3 Å². The molecule has 0 aliphatic heterocycles. The first kappa shape index (κ1) is 10.9. The number of carboxylic acid groups (broad SMARTS) is 1. The fourth-order valence-corrected chi connectivity index (χ4v) is 2.39. The fraction of sp³-hybridized carbons (Fsp3) is 0.214. The molecule has 18 heavy (non-hydrogen) atoms. The molecular weight excluding hydrogens is 230 g/mol. The summed E-state index contributed by atoms with van der Waals surface area (Å²) in [6, 6.07) is 11.7. The lowest BCUT2D eigenvalue weighted by molar-refractivity contribution is 0.0663. The van der Waals surface area contributed by atoms with Gasteiger partial charge in [-0.15, -0.1) is 0 Å². The van der Waals surface area contributed by atoms with Crippen molar-refractivity contribution in [1.82, 2.24) is 0 Å². The predicted molar refractivity (Wildman–Crippen MR) is 66.9 cm³/mol. The lowest BCUT2D eigenvalue weighted by atomic mass is 10.1. The zero-order chi connectivity index (χ0) is 12.5. The second-order valence-electron chi connectivity index (χ2n) is 4.49. The molecule has 0 amide bonds. The van der Waals surface area contributed by atoms with Gasteiger partial charge in [0, 0.05) is 12.1 Å². The molecule has 0 unspecified atom stereocenters. The van der Waals surface area contributed by atoms with Gasteiger partial charge in [0.05, 0.1) is 0 Å². The van der Waals surface area contributed by atoms with E-state index < -0.39 is 5.97 Å². The van der Waals surface area contributed by atoms with E-state index >= 15 is 0 Å². The molecule has 0 saturated heterocycles. The first-order valence-electron chi connectivity index (χ1n) is 5.89. The van der Waals surface area contributed by atoms with Crippen molar-refractivity contribution in [1.29, 1.82) is 0 Å². The number of rotatable bonds is 3. The Hall–Kier alpha value is -2.23. The van der Waals surface area contributed by atoms with Crippen molar-refractivity contribution >= 4 is 11.9 Å². The highest BCUT2D eigenvalue weighted by molar-refractivity contribution is 5.84. The van der Waals surface area contributed by atoms with Gasteiger partial charge in [-0.3, -0.25) is 0 Å². The monoisotopic (exact) mass is 243 g/mol. The summed E-state index contributed by atoms with van der Waals surface area (Å²) in [5.41, 5.74) is 2.69. The van der Waals surface area contributed by atoms with Crippen LogP contribution in [0.2, 0.25) is 0 Å². The summed E-state index contributed by atoms with van der Waals surface area (Å²) in [5, 5.41) is 12.0. The standard InChI is InChI=1S/C14H13NO3/c16-14(17)12-5-6-13(18-12)15-11-7-9-3-1-2-4-10(9)8-11/h1-6,11,15H,7-8H2,(H,16,17). The van der Waals surface area contributed by atoms with E-state index in [2.05, 4.69) is 17.4 Å². The molecule has 4 nitrogen and oxygen atoms in total. The van der Waals surface area contributed by atoms with E-state index in [0.29, 0.717) is 5.88 Å². The molecule has 0 fully saturated rings. The third-order valence-corrected chi connectivity index (χ3v) is 3.21. The molecule has 1 aromatic carbocycles. The number of anilines is 1. The van der Waals surface area contributed by atoms with E-state index in [4.69, 9.17) is 9.52 Å². The molecule has 1 heterocycles. The molecule has 2 aromatic rings. The minimum absolute atomic E-state index is 0.0342. The number of furan rings is 1. The van der Waals surface area contributed by atoms with Crippen LogP contribution in [0.5, 0.6) is 0 Å². The number of aromatic carboxylic acids is 1. The van der Waals surface area contributed by atoms with E-state index in [1.807, 2.05) is 12.1 Å². The highest BCUT2D eigenvalue weighted by Gasteiger charge is 2.21. The van der Waals surface area contributed by atoms with Crippen LogP contribution in [0.25, 0.3) is 0 Å². The van der Waals surface area contributed by atoms with Crippen LogP contribution in [0.1, 0.15) is 21.7 Å². The fourth-order valence-electron chi connectivity index (χ4n) is 2.39. The predicted octanol–water partition coefficient (Wildman–Crippen LogP) is 2.56. The molecule has 1 aromatic heterocycles. The highest BCUT2D eigenvalue weighted by Crippen LogP contribution is 2.25. The summed E-state index contributed by atoms with van der Waals surface area (Å²) in [4.78, 5) is 10.7. The maximum absolute atomic E-state index is 10.7. The van der Waals surface area contributed by atoms with E-state index in [1.54, 1.807) is 6.07 Å². The molecule has 3 rings (SSSR count). The molecule has 0 radical (unpaired) electrons. The van der Waals surface area contributed by atoms with E-state index in [0.717, 1.165) is 12.8 Å². The summed E-state index contributed by atoms with van der Waals surface area (Å²) < 4.78 is 5.20. The van der Waals surface area contributed by atoms with E-state index in [-0.39, 0.29) is 11.8 Å². The number of fused-ring (bicyclic) bond motifs is 1. The Morgan fingerprint density at radius 2 is 1.83 bits per heavy atom. The number of nitrogens with one attached hydrogen (secondary N) is 1. The van der Waals surface area contributed by atoms with Gasteiger partial charge in [-0.2, -0.15) is 0 Å². The molecule has 2 N–H and O–H groups in total. The first-order valence-corrected chi connectivity index (χ1v) is 5.89.